The van der Waals surface area contributed by atoms with E-state index >= 15 is 0 Å². The Kier molecular flexibility index (Phi) is 6.43. The van der Waals surface area contributed by atoms with Gasteiger partial charge in [0.25, 0.3) is 5.56 Å². The highest BCUT2D eigenvalue weighted by atomic mass is 32.1. The van der Waals surface area contributed by atoms with Crippen molar-refractivity contribution in [2.75, 3.05) is 0 Å². The van der Waals surface area contributed by atoms with E-state index in [1.807, 2.05) is 80.3 Å². The fraction of sp³-hybridized carbons (Fsp3) is 0.207. The van der Waals surface area contributed by atoms with Gasteiger partial charge in [0.05, 0.1) is 17.1 Å². The normalized spacial score (nSPS) is 12.5. The van der Waals surface area contributed by atoms with E-state index < -0.39 is 0 Å². The molecule has 0 unspecified atom stereocenters. The van der Waals surface area contributed by atoms with E-state index in [0.717, 1.165) is 28.4 Å². The SMILES string of the molecule is CC(=Nn1c(-c2ccc(C)c(C)c2)csc1=Nc1c(C)n(C)n(-c2ccccc2)c1=O)c1ccc(C)o1. The van der Waals surface area contributed by atoms with Gasteiger partial charge in [-0.05, 0) is 76.1 Å². The molecular weight excluding hydrogens is 482 g/mol. The van der Waals surface area contributed by atoms with Crippen molar-refractivity contribution in [1.29, 1.82) is 0 Å². The van der Waals surface area contributed by atoms with Crippen molar-refractivity contribution in [1.82, 2.24) is 14.0 Å². The molecule has 0 bridgehead atoms. The summed E-state index contributed by atoms with van der Waals surface area (Å²) in [6.45, 7) is 9.92. The molecule has 0 spiro atoms. The van der Waals surface area contributed by atoms with Gasteiger partial charge in [0.1, 0.15) is 17.2 Å². The van der Waals surface area contributed by atoms with Crippen LogP contribution in [0.25, 0.3) is 16.9 Å². The lowest BCUT2D eigenvalue weighted by atomic mass is 10.1. The largest absolute Gasteiger partial charge is 0.460 e. The number of hydrogen-bond donors (Lipinski definition) is 0. The summed E-state index contributed by atoms with van der Waals surface area (Å²) >= 11 is 1.45. The molecule has 3 heterocycles. The summed E-state index contributed by atoms with van der Waals surface area (Å²) < 4.78 is 11.1. The molecule has 2 aromatic carbocycles. The molecule has 37 heavy (non-hydrogen) atoms. The van der Waals surface area contributed by atoms with Crippen LogP contribution >= 0.6 is 11.3 Å². The Hall–Kier alpha value is -4.17. The lowest BCUT2D eigenvalue weighted by molar-refractivity contribution is 0.524. The van der Waals surface area contributed by atoms with Gasteiger partial charge >= 0.3 is 0 Å². The molecule has 0 aliphatic rings. The molecule has 5 rings (SSSR count). The van der Waals surface area contributed by atoms with Gasteiger partial charge in [0.2, 0.25) is 4.80 Å². The van der Waals surface area contributed by atoms with Crippen molar-refractivity contribution < 1.29 is 4.42 Å². The molecule has 3 aromatic heterocycles. The Balaban J connectivity index is 1.74. The molecule has 188 valence electrons. The topological polar surface area (TPSA) is 69.7 Å². The average Bonchev–Trinajstić information content (AvgIpc) is 3.55. The zero-order valence-electron chi connectivity index (χ0n) is 21.8. The summed E-state index contributed by atoms with van der Waals surface area (Å²) in [4.78, 5) is 19.0. The van der Waals surface area contributed by atoms with E-state index in [0.29, 0.717) is 22.0 Å². The van der Waals surface area contributed by atoms with Crippen molar-refractivity contribution >= 4 is 22.7 Å². The van der Waals surface area contributed by atoms with Crippen LogP contribution in [0.3, 0.4) is 0 Å². The van der Waals surface area contributed by atoms with E-state index in [2.05, 4.69) is 32.0 Å². The molecule has 0 N–H and O–H groups in total. The van der Waals surface area contributed by atoms with Crippen LogP contribution in [0, 0.1) is 27.7 Å². The minimum Gasteiger partial charge on any atom is -0.460 e. The third-order valence-corrected chi connectivity index (χ3v) is 7.38. The van der Waals surface area contributed by atoms with E-state index in [-0.39, 0.29) is 5.56 Å². The van der Waals surface area contributed by atoms with Gasteiger partial charge < -0.3 is 4.42 Å². The number of nitrogens with zero attached hydrogens (tertiary/aromatic N) is 5. The molecule has 8 heteroatoms. The van der Waals surface area contributed by atoms with Gasteiger partial charge in [-0.3, -0.25) is 9.48 Å². The quantitative estimate of drug-likeness (QED) is 0.270. The van der Waals surface area contributed by atoms with Gasteiger partial charge in [0, 0.05) is 18.0 Å². The van der Waals surface area contributed by atoms with Crippen LogP contribution in [0.5, 0.6) is 0 Å². The Bertz CT molecular complexity index is 1760. The van der Waals surface area contributed by atoms with E-state index in [9.17, 15) is 4.79 Å². The van der Waals surface area contributed by atoms with Crippen LogP contribution in [0.4, 0.5) is 5.69 Å². The third kappa shape index (κ3) is 4.56. The summed E-state index contributed by atoms with van der Waals surface area (Å²) in [5.74, 6) is 1.51. The predicted molar refractivity (Wildman–Crippen MR) is 149 cm³/mol. The number of thiazole rings is 1. The lowest BCUT2D eigenvalue weighted by Crippen LogP contribution is -2.20. The molecule has 0 aliphatic heterocycles. The summed E-state index contributed by atoms with van der Waals surface area (Å²) in [5, 5.41) is 6.94. The fourth-order valence-corrected chi connectivity index (χ4v) is 5.02. The first-order valence-corrected chi connectivity index (χ1v) is 12.9. The summed E-state index contributed by atoms with van der Waals surface area (Å²) in [6, 6.07) is 19.7. The highest BCUT2D eigenvalue weighted by Gasteiger charge is 2.17. The van der Waals surface area contributed by atoms with Gasteiger partial charge in [-0.25, -0.2) is 14.4 Å². The maximum absolute atomic E-state index is 13.5. The zero-order valence-corrected chi connectivity index (χ0v) is 22.6. The van der Waals surface area contributed by atoms with Gasteiger partial charge in [-0.2, -0.15) is 5.10 Å². The molecule has 5 aromatic rings. The fourth-order valence-electron chi connectivity index (χ4n) is 4.18. The highest BCUT2D eigenvalue weighted by molar-refractivity contribution is 7.07. The molecule has 7 nitrogen and oxygen atoms in total. The smallest absolute Gasteiger partial charge is 0.297 e. The Morgan fingerprint density at radius 3 is 2.38 bits per heavy atom. The maximum atomic E-state index is 13.5. The van der Waals surface area contributed by atoms with E-state index in [1.165, 1.54) is 22.5 Å². The number of hydrogen-bond acceptors (Lipinski definition) is 5. The number of aromatic nitrogens is 3. The first-order valence-electron chi connectivity index (χ1n) is 12.0. The lowest BCUT2D eigenvalue weighted by Gasteiger charge is -2.07. The summed E-state index contributed by atoms with van der Waals surface area (Å²) in [6.07, 6.45) is 0. The van der Waals surface area contributed by atoms with Crippen LogP contribution < -0.4 is 10.4 Å². The van der Waals surface area contributed by atoms with Crippen LogP contribution in [0.15, 0.2) is 85.3 Å². The van der Waals surface area contributed by atoms with Gasteiger partial charge in [-0.15, -0.1) is 11.3 Å². The third-order valence-electron chi connectivity index (χ3n) is 6.57. The van der Waals surface area contributed by atoms with Crippen molar-refractivity contribution in [3.8, 4) is 16.9 Å². The monoisotopic (exact) mass is 511 g/mol. The standard InChI is InChI=1S/C29H29N5O2S/c1-18-12-14-23(16-19(18)2)25-17-37-29(33(25)31-21(4)26-15-13-20(3)36-26)30-27-22(5)32(6)34(28(27)35)24-10-8-7-9-11-24/h7-17H,1-6H3. The van der Waals surface area contributed by atoms with Crippen molar-refractivity contribution in [3.63, 3.8) is 0 Å². The van der Waals surface area contributed by atoms with E-state index in [1.54, 1.807) is 9.36 Å². The van der Waals surface area contributed by atoms with Gasteiger partial charge in [-0.1, -0.05) is 30.3 Å². The van der Waals surface area contributed by atoms with E-state index in [4.69, 9.17) is 14.5 Å². The molecular formula is C29H29N5O2S. The van der Waals surface area contributed by atoms with Crippen molar-refractivity contribution in [2.24, 2.45) is 17.1 Å². The van der Waals surface area contributed by atoms with Crippen LogP contribution in [-0.2, 0) is 7.05 Å². The molecule has 0 radical (unpaired) electrons. The molecule has 0 atom stereocenters. The van der Waals surface area contributed by atoms with Crippen molar-refractivity contribution in [2.45, 2.75) is 34.6 Å². The minimum absolute atomic E-state index is 0.179. The second kappa shape index (κ2) is 9.71. The van der Waals surface area contributed by atoms with Gasteiger partial charge in [0.15, 0.2) is 5.69 Å². The highest BCUT2D eigenvalue weighted by Crippen LogP contribution is 2.24. The molecule has 0 saturated heterocycles. The first kappa shape index (κ1) is 24.5. The first-order chi connectivity index (χ1) is 17.7. The van der Waals surface area contributed by atoms with Crippen LogP contribution in [-0.4, -0.2) is 19.8 Å². The molecule has 0 saturated carbocycles. The van der Waals surface area contributed by atoms with Crippen LogP contribution in [0.1, 0.15) is 35.3 Å². The Morgan fingerprint density at radius 2 is 1.70 bits per heavy atom. The maximum Gasteiger partial charge on any atom is 0.297 e. The Morgan fingerprint density at radius 1 is 0.946 bits per heavy atom. The minimum atomic E-state index is -0.179. The number of para-hydroxylation sites is 1. The van der Waals surface area contributed by atoms with Crippen molar-refractivity contribution in [3.05, 3.63) is 110 Å². The summed E-state index contributed by atoms with van der Waals surface area (Å²) in [5.41, 5.74) is 6.82. The molecule has 0 aliphatic carbocycles. The zero-order chi connectivity index (χ0) is 26.3. The molecule has 0 amide bonds. The number of aryl methyl sites for hydroxylation is 3. The number of benzene rings is 2. The van der Waals surface area contributed by atoms with Crippen LogP contribution in [0.2, 0.25) is 0 Å². The Labute approximate surface area is 219 Å². The number of furan rings is 1. The second-order valence-corrected chi connectivity index (χ2v) is 9.97. The predicted octanol–water partition coefficient (Wildman–Crippen LogP) is 6.04. The average molecular weight is 512 g/mol. The summed E-state index contributed by atoms with van der Waals surface area (Å²) in [7, 11) is 1.87. The second-order valence-electron chi connectivity index (χ2n) is 9.13. The number of rotatable bonds is 5. The molecule has 0 fully saturated rings.